The number of benzene rings is 3. The topological polar surface area (TPSA) is 716 Å². The Morgan fingerprint density at radius 2 is 0.867 bits per heavy atom. The highest BCUT2D eigenvalue weighted by Gasteiger charge is 2.41. The predicted molar refractivity (Wildman–Crippen MR) is 455 cm³/mol. The van der Waals surface area contributed by atoms with Gasteiger partial charge in [0.1, 0.15) is 84.0 Å². The number of thioether (sulfide) groups is 1. The second-order valence-corrected chi connectivity index (χ2v) is 32.0. The zero-order valence-electron chi connectivity index (χ0n) is 71.9. The van der Waals surface area contributed by atoms with Crippen molar-refractivity contribution in [2.24, 2.45) is 17.6 Å². The molecular weight excluding hydrogens is 1700 g/mol. The van der Waals surface area contributed by atoms with E-state index in [1.54, 1.807) is 45.9 Å². The molecule has 46 heteroatoms. The Hall–Kier alpha value is -12.7. The zero-order chi connectivity index (χ0) is 95.6. The van der Waals surface area contributed by atoms with Crippen molar-refractivity contribution >= 4 is 124 Å². The number of aliphatic hydroxyl groups excluding tert-OH is 4. The van der Waals surface area contributed by atoms with E-state index >= 15 is 0 Å². The fraction of sp³-hybridized carbons (Fsp3) is 0.549. The lowest BCUT2D eigenvalue weighted by atomic mass is 9.96. The number of aliphatic carboxylic acids is 3. The first kappa shape index (κ1) is 108. The molecule has 0 aromatic heterocycles. The maximum atomic E-state index is 14.7. The van der Waals surface area contributed by atoms with Crippen LogP contribution in [-0.4, -0.2) is 305 Å². The van der Waals surface area contributed by atoms with Crippen molar-refractivity contribution in [2.75, 3.05) is 50.9 Å². The molecule has 128 heavy (non-hydrogen) atoms. The van der Waals surface area contributed by atoms with Crippen LogP contribution in [0.3, 0.4) is 0 Å². The van der Waals surface area contributed by atoms with Gasteiger partial charge < -0.3 is 131 Å². The lowest BCUT2D eigenvalue weighted by Crippen LogP contribution is -2.63. The maximum absolute atomic E-state index is 14.7. The van der Waals surface area contributed by atoms with Gasteiger partial charge in [-0.05, 0) is 112 Å². The van der Waals surface area contributed by atoms with Crippen LogP contribution < -0.4 is 85.5 Å². The van der Waals surface area contributed by atoms with Gasteiger partial charge in [-0.3, -0.25) is 91.2 Å². The number of nitrogens with two attached hydrogens (primary N) is 1. The number of carbonyl (C=O) groups is 19. The van der Waals surface area contributed by atoms with Crippen LogP contribution in [0.15, 0.2) is 78.9 Å². The summed E-state index contributed by atoms with van der Waals surface area (Å²) in [6, 6.07) is -4.54. The first-order valence-corrected chi connectivity index (χ1v) is 42.5. The molecule has 1 heterocycles. The van der Waals surface area contributed by atoms with E-state index < -0.39 is 280 Å². The van der Waals surface area contributed by atoms with Crippen LogP contribution in [-0.2, 0) is 106 Å². The van der Waals surface area contributed by atoms with Gasteiger partial charge in [-0.1, -0.05) is 95.1 Å². The molecular formula is C82H119N17O28S. The second kappa shape index (κ2) is 55.1. The summed E-state index contributed by atoms with van der Waals surface area (Å²) in [5.74, 6) is -23.5. The minimum atomic E-state index is -2.20. The zero-order valence-corrected chi connectivity index (χ0v) is 72.7. The number of hydrogen-bond acceptors (Lipinski definition) is 27. The van der Waals surface area contributed by atoms with Crippen molar-refractivity contribution in [1.29, 1.82) is 0 Å². The van der Waals surface area contributed by atoms with Crippen molar-refractivity contribution in [2.45, 2.75) is 223 Å². The molecule has 45 nitrogen and oxygen atoms in total. The Labute approximate surface area is 741 Å². The van der Waals surface area contributed by atoms with Crippen LogP contribution in [0.2, 0.25) is 0 Å². The Bertz CT molecular complexity index is 4300. The Morgan fingerprint density at radius 3 is 1.34 bits per heavy atom. The number of carbonyl (C=O) groups excluding carboxylic acids is 16. The minimum absolute atomic E-state index is 0.0779. The molecule has 706 valence electrons. The molecule has 17 amide bonds. The molecule has 1 aliphatic rings. The lowest BCUT2D eigenvalue weighted by Gasteiger charge is -2.30. The number of urea groups is 1. The van der Waals surface area contributed by atoms with Crippen LogP contribution in [0.1, 0.15) is 129 Å². The number of nitrogens with one attached hydrogen (secondary N) is 15. The summed E-state index contributed by atoms with van der Waals surface area (Å²) in [7, 11) is 0. The number of nitrogens with zero attached hydrogens (tertiary/aromatic N) is 1. The van der Waals surface area contributed by atoms with Gasteiger partial charge in [-0.2, -0.15) is 0 Å². The molecule has 1 saturated heterocycles. The van der Waals surface area contributed by atoms with Crippen LogP contribution in [0.4, 0.5) is 4.79 Å². The number of hydrogen-bond donors (Lipinski definition) is 25. The fourth-order valence-corrected chi connectivity index (χ4v) is 13.5. The third kappa shape index (κ3) is 38.3. The van der Waals surface area contributed by atoms with E-state index in [1.807, 2.05) is 0 Å². The smallest absolute Gasteiger partial charge is 0.324 e. The largest absolute Gasteiger partial charge is 0.508 e. The molecule has 0 unspecified atom stereocenters. The highest BCUT2D eigenvalue weighted by atomic mass is 32.2. The Kier molecular flexibility index (Phi) is 46.3. The molecule has 1 fully saturated rings. The third-order valence-electron chi connectivity index (χ3n) is 19.9. The number of unbranched alkanes of at least 4 members (excludes halogenated alkanes) is 1. The number of aromatic hydroxyl groups is 2. The molecule has 0 saturated carbocycles. The quantitative estimate of drug-likeness (QED) is 0.0234. The molecule has 0 radical (unpaired) electrons. The molecule has 0 aliphatic carbocycles. The molecule has 3 aromatic carbocycles. The van der Waals surface area contributed by atoms with E-state index in [2.05, 4.69) is 79.8 Å². The number of aliphatic hydroxyl groups is 4. The van der Waals surface area contributed by atoms with E-state index in [-0.39, 0.29) is 61.1 Å². The molecule has 0 bridgehead atoms. The number of phenols is 2. The first-order valence-electron chi connectivity index (χ1n) is 41.4. The number of carboxylic acids is 3. The third-order valence-corrected chi connectivity index (χ3v) is 20.8. The first-order chi connectivity index (χ1) is 60.5. The summed E-state index contributed by atoms with van der Waals surface area (Å²) < 4.78 is 0. The van der Waals surface area contributed by atoms with E-state index in [0.717, 1.165) is 30.5 Å². The molecule has 16 atom stereocenters. The van der Waals surface area contributed by atoms with Crippen molar-refractivity contribution in [3.05, 3.63) is 95.6 Å². The van der Waals surface area contributed by atoms with Gasteiger partial charge in [0.05, 0.1) is 49.7 Å². The van der Waals surface area contributed by atoms with Gasteiger partial charge in [0.15, 0.2) is 0 Å². The minimum Gasteiger partial charge on any atom is -0.508 e. The van der Waals surface area contributed by atoms with E-state index in [0.29, 0.717) is 36.9 Å². The van der Waals surface area contributed by atoms with Gasteiger partial charge in [-0.15, -0.1) is 11.8 Å². The summed E-state index contributed by atoms with van der Waals surface area (Å²) in [4.78, 5) is 258. The molecule has 3 aromatic rings. The molecule has 0 spiro atoms. The normalized spacial score (nSPS) is 15.5. The number of rotatable bonds is 57. The summed E-state index contributed by atoms with van der Waals surface area (Å²) in [5.41, 5.74) is 6.51. The average Bonchev–Trinajstić information content (AvgIpc) is 1.01. The fourth-order valence-electron chi connectivity index (χ4n) is 12.8. The summed E-state index contributed by atoms with van der Waals surface area (Å²) in [6.07, 6.45) is -7.04. The molecule has 26 N–H and O–H groups in total. The SMILES string of the molecule is CC[C@H](C)[C@H](NC(=O)[C@H](CO)NC(=O)[C@H](Cc1ccc(O)cc1)NC(=O)[C@H](CC(=O)O)NC(=O)[C@H](CCO)NC(=O)[C@@H](NC(=O)[C@H](Cc1ccccc1)NC(=O)[C@@H](NC(=O)CNC(=O)[C@H](CCC(=O)O)NC(=O)CSCC(=O)N1CCNC1=O)[C@@H](C)O)[C@@H](C)O)C(=O)N[C@@H](Cc1ccc(O)cc1)C(=O)N[C@@H](CC(C)C)C(=O)N[C@@H](CC(=O)O)C(=O)N[C@H](C)CCCCN. The lowest BCUT2D eigenvalue weighted by molar-refractivity contribution is -0.142. The number of amides is 17. The average molecular weight is 1820 g/mol. The van der Waals surface area contributed by atoms with Crippen molar-refractivity contribution < 1.29 is 137 Å². The van der Waals surface area contributed by atoms with E-state index in [4.69, 9.17) is 5.73 Å². The van der Waals surface area contributed by atoms with Gasteiger partial charge in [0.2, 0.25) is 88.6 Å². The maximum Gasteiger partial charge on any atom is 0.324 e. The standard InChI is InChI=1S/C82H119N17O28S/c1-8-43(4)67(79(124)93-56(35-49-19-23-51(105)24-20-49)74(119)89-54(32-42(2)3)73(118)92-58(36-65(111)112)72(117)86-44(5)14-12-13-28-83)97-78(123)60(39-101)95-75(120)55(34-48-17-21-50(104)22-18-48)90-76(121)59(37-66(113)114)91-71(116)53(27-31-100)88-81(126)69(46(7)103)98-77(122)57(33-47-15-10-9-11-16-47)94-80(125)68(45(6)102)96-61(106)38-85-70(115)52(25-26-64(109)110)87-62(107)40-128-41-63(108)99-30-29-84-82(99)127/h9-11,15-24,42-46,52-60,67-69,100-105H,8,12-14,25-41,83H2,1-7H3,(H,84,127)(H,85,115)(H,86,117)(H,87,107)(H,88,126)(H,89,119)(H,90,121)(H,91,116)(H,92,118)(H,93,124)(H,94,125)(H,95,120)(H,96,106)(H,97,123)(H,98,122)(H,109,110)(H,111,112)(H,113,114)/t43-,44+,45+,46+,52-,53-,54-,55-,56-,57-,58-,59-,60-,67-,68-,69-/m0/s1. The van der Waals surface area contributed by atoms with Gasteiger partial charge in [-0.25, -0.2) is 4.79 Å². The summed E-state index contributed by atoms with van der Waals surface area (Å²) in [5, 5.41) is 128. The van der Waals surface area contributed by atoms with Crippen LogP contribution in [0, 0.1) is 11.8 Å². The number of imide groups is 1. The van der Waals surface area contributed by atoms with E-state index in [1.165, 1.54) is 67.6 Å². The van der Waals surface area contributed by atoms with Crippen molar-refractivity contribution in [3.63, 3.8) is 0 Å². The summed E-state index contributed by atoms with van der Waals surface area (Å²) >= 11 is 0.791. The van der Waals surface area contributed by atoms with Crippen LogP contribution >= 0.6 is 11.8 Å². The number of carboxylic acid groups (broad SMARTS) is 3. The van der Waals surface area contributed by atoms with Crippen LogP contribution in [0.5, 0.6) is 11.5 Å². The highest BCUT2D eigenvalue weighted by molar-refractivity contribution is 8.00. The Morgan fingerprint density at radius 1 is 0.445 bits per heavy atom. The second-order valence-electron chi connectivity index (χ2n) is 31.1. The van der Waals surface area contributed by atoms with Gasteiger partial charge in [0.25, 0.3) is 0 Å². The number of phenolic OH excluding ortho intramolecular Hbond substituents is 2. The Balaban J connectivity index is 1.56. The van der Waals surface area contributed by atoms with Gasteiger partial charge >= 0.3 is 23.9 Å². The summed E-state index contributed by atoms with van der Waals surface area (Å²) in [6.45, 7) is 7.99. The van der Waals surface area contributed by atoms with Crippen LogP contribution in [0.25, 0.3) is 0 Å². The van der Waals surface area contributed by atoms with Gasteiger partial charge in [0, 0.05) is 51.4 Å². The predicted octanol–water partition coefficient (Wildman–Crippen LogP) is -5.98. The van der Waals surface area contributed by atoms with E-state index in [9.17, 15) is 137 Å². The molecule has 4 rings (SSSR count). The van der Waals surface area contributed by atoms with Crippen molar-refractivity contribution in [3.8, 4) is 11.5 Å². The van der Waals surface area contributed by atoms with Crippen molar-refractivity contribution in [1.82, 2.24) is 84.7 Å². The monoisotopic (exact) mass is 1820 g/mol. The molecule has 1 aliphatic heterocycles. The highest BCUT2D eigenvalue weighted by Crippen LogP contribution is 2.19.